The highest BCUT2D eigenvalue weighted by molar-refractivity contribution is 7.89. The third-order valence-corrected chi connectivity index (χ3v) is 10.2. The van der Waals surface area contributed by atoms with Crippen LogP contribution in [0.2, 0.25) is 0 Å². The molecule has 0 fully saturated rings. The first-order valence-electron chi connectivity index (χ1n) is 12.8. The Morgan fingerprint density at radius 1 is 1.05 bits per heavy atom. The fourth-order valence-corrected chi connectivity index (χ4v) is 7.38. The van der Waals surface area contributed by atoms with Crippen molar-refractivity contribution in [2.75, 3.05) is 18.6 Å². The molecule has 204 valence electrons. The van der Waals surface area contributed by atoms with Crippen LogP contribution < -0.4 is 9.64 Å². The van der Waals surface area contributed by atoms with E-state index in [-0.39, 0.29) is 17.3 Å². The highest BCUT2D eigenvalue weighted by Crippen LogP contribution is 2.37. The Morgan fingerprint density at radius 2 is 1.82 bits per heavy atom. The lowest BCUT2D eigenvalue weighted by Crippen LogP contribution is -2.36. The summed E-state index contributed by atoms with van der Waals surface area (Å²) < 4.78 is 40.3. The Balaban J connectivity index is 1.31. The van der Waals surface area contributed by atoms with Gasteiger partial charge in [0.15, 0.2) is 5.13 Å². The van der Waals surface area contributed by atoms with E-state index >= 15 is 0 Å². The summed E-state index contributed by atoms with van der Waals surface area (Å²) in [6.07, 6.45) is 2.22. The molecule has 40 heavy (non-hydrogen) atoms. The SMILES string of the molecule is COc1ccc(C)c2sc(N(Cc3ccco3)C(=O)c3ccc(S(=O)(=O)N4CCc5ccccc5C4)cc3)nc12. The maximum Gasteiger partial charge on any atom is 0.260 e. The van der Waals surface area contributed by atoms with Gasteiger partial charge >= 0.3 is 0 Å². The maximum absolute atomic E-state index is 13.8. The summed E-state index contributed by atoms with van der Waals surface area (Å²) in [6, 6.07) is 21.4. The second-order valence-electron chi connectivity index (χ2n) is 9.61. The first-order valence-corrected chi connectivity index (χ1v) is 15.1. The number of aryl methyl sites for hydroxylation is 1. The quantitative estimate of drug-likeness (QED) is 0.244. The number of sulfonamides is 1. The minimum atomic E-state index is -3.72. The maximum atomic E-state index is 13.8. The number of rotatable bonds is 7. The van der Waals surface area contributed by atoms with Crippen molar-refractivity contribution >= 4 is 42.6 Å². The van der Waals surface area contributed by atoms with E-state index < -0.39 is 10.0 Å². The Kier molecular flexibility index (Phi) is 6.91. The highest BCUT2D eigenvalue weighted by atomic mass is 32.2. The highest BCUT2D eigenvalue weighted by Gasteiger charge is 2.29. The average molecular weight is 574 g/mol. The topological polar surface area (TPSA) is 92.9 Å². The molecule has 8 nitrogen and oxygen atoms in total. The lowest BCUT2D eigenvalue weighted by Gasteiger charge is -2.28. The zero-order valence-electron chi connectivity index (χ0n) is 22.0. The number of benzene rings is 3. The van der Waals surface area contributed by atoms with Crippen molar-refractivity contribution in [3.05, 3.63) is 107 Å². The Morgan fingerprint density at radius 3 is 2.55 bits per heavy atom. The van der Waals surface area contributed by atoms with Gasteiger partial charge in [-0.2, -0.15) is 4.31 Å². The zero-order chi connectivity index (χ0) is 27.9. The monoisotopic (exact) mass is 573 g/mol. The van der Waals surface area contributed by atoms with E-state index in [9.17, 15) is 13.2 Å². The van der Waals surface area contributed by atoms with E-state index in [0.29, 0.717) is 47.2 Å². The van der Waals surface area contributed by atoms with Crippen LogP contribution in [0.3, 0.4) is 0 Å². The number of furan rings is 1. The van der Waals surface area contributed by atoms with Crippen LogP contribution >= 0.6 is 11.3 Å². The van der Waals surface area contributed by atoms with Gasteiger partial charge in [-0.05, 0) is 72.5 Å². The minimum Gasteiger partial charge on any atom is -0.494 e. The smallest absolute Gasteiger partial charge is 0.260 e. The van der Waals surface area contributed by atoms with Crippen LogP contribution in [0.15, 0.2) is 88.4 Å². The molecule has 10 heteroatoms. The van der Waals surface area contributed by atoms with E-state index in [2.05, 4.69) is 0 Å². The number of nitrogens with zero attached hydrogens (tertiary/aromatic N) is 3. The van der Waals surface area contributed by atoms with E-state index in [1.54, 1.807) is 42.5 Å². The van der Waals surface area contributed by atoms with Gasteiger partial charge in [0.2, 0.25) is 10.0 Å². The zero-order valence-corrected chi connectivity index (χ0v) is 23.7. The molecular formula is C30H27N3O5S2. The summed E-state index contributed by atoms with van der Waals surface area (Å²) in [5.41, 5.74) is 4.25. The number of amides is 1. The van der Waals surface area contributed by atoms with Crippen molar-refractivity contribution in [1.82, 2.24) is 9.29 Å². The minimum absolute atomic E-state index is 0.154. The first kappa shape index (κ1) is 26.2. The average Bonchev–Trinajstić information content (AvgIpc) is 3.66. The van der Waals surface area contributed by atoms with Crippen LogP contribution in [0.4, 0.5) is 5.13 Å². The Bertz CT molecular complexity index is 1800. The van der Waals surface area contributed by atoms with Crippen molar-refractivity contribution in [3.8, 4) is 5.75 Å². The van der Waals surface area contributed by atoms with Crippen LogP contribution in [0.1, 0.15) is 32.8 Å². The summed E-state index contributed by atoms with van der Waals surface area (Å²) >= 11 is 1.40. The molecule has 1 aliphatic rings. The van der Waals surface area contributed by atoms with Crippen LogP contribution in [0, 0.1) is 6.92 Å². The number of anilines is 1. The third kappa shape index (κ3) is 4.78. The number of aromatic nitrogens is 1. The first-order chi connectivity index (χ1) is 19.3. The summed E-state index contributed by atoms with van der Waals surface area (Å²) in [5.74, 6) is 0.909. The summed E-state index contributed by atoms with van der Waals surface area (Å²) in [6.45, 7) is 2.90. The molecule has 2 aromatic heterocycles. The lowest BCUT2D eigenvalue weighted by atomic mass is 10.0. The van der Waals surface area contributed by atoms with Gasteiger partial charge in [-0.3, -0.25) is 9.69 Å². The van der Waals surface area contributed by atoms with Gasteiger partial charge in [0.25, 0.3) is 5.91 Å². The molecule has 0 unspecified atom stereocenters. The number of thiazole rings is 1. The summed E-state index contributed by atoms with van der Waals surface area (Å²) in [7, 11) is -2.13. The van der Waals surface area contributed by atoms with Crippen molar-refractivity contribution in [1.29, 1.82) is 0 Å². The number of hydrogen-bond donors (Lipinski definition) is 0. The molecule has 6 rings (SSSR count). The number of methoxy groups -OCH3 is 1. The van der Waals surface area contributed by atoms with E-state index in [1.165, 1.54) is 33.3 Å². The number of carbonyl (C=O) groups is 1. The van der Waals surface area contributed by atoms with Crippen molar-refractivity contribution < 1.29 is 22.4 Å². The number of fused-ring (bicyclic) bond motifs is 2. The van der Waals surface area contributed by atoms with E-state index in [1.807, 2.05) is 43.3 Å². The van der Waals surface area contributed by atoms with Gasteiger partial charge in [-0.15, -0.1) is 0 Å². The van der Waals surface area contributed by atoms with Crippen LogP contribution in [-0.2, 0) is 29.5 Å². The van der Waals surface area contributed by atoms with Gasteiger partial charge < -0.3 is 9.15 Å². The van der Waals surface area contributed by atoms with Crippen LogP contribution in [0.5, 0.6) is 5.75 Å². The Hall–Kier alpha value is -3.99. The van der Waals surface area contributed by atoms with Crippen molar-refractivity contribution in [3.63, 3.8) is 0 Å². The molecule has 3 heterocycles. The molecule has 0 radical (unpaired) electrons. The number of ether oxygens (including phenoxy) is 1. The molecule has 0 saturated heterocycles. The largest absolute Gasteiger partial charge is 0.494 e. The molecule has 0 saturated carbocycles. The van der Waals surface area contributed by atoms with E-state index in [0.717, 1.165) is 15.8 Å². The molecular weight excluding hydrogens is 546 g/mol. The third-order valence-electron chi connectivity index (χ3n) is 7.12. The fraction of sp³-hybridized carbons (Fsp3) is 0.200. The molecule has 3 aromatic carbocycles. The van der Waals surface area contributed by atoms with E-state index in [4.69, 9.17) is 14.1 Å². The molecule has 0 spiro atoms. The van der Waals surface area contributed by atoms with Gasteiger partial charge in [0.05, 0.1) is 29.5 Å². The number of carbonyl (C=O) groups excluding carboxylic acids is 1. The van der Waals surface area contributed by atoms with Crippen molar-refractivity contribution in [2.24, 2.45) is 0 Å². The standard InChI is InChI=1S/C30H27N3O5S2/c1-20-9-14-26(37-2)27-28(20)39-30(31-27)33(19-24-8-5-17-38-24)29(34)22-10-12-25(13-11-22)40(35,36)32-16-15-21-6-3-4-7-23(21)18-32/h3-14,17H,15-16,18-19H2,1-2H3. The van der Waals surface area contributed by atoms with Gasteiger partial charge in [-0.1, -0.05) is 41.7 Å². The molecule has 0 aliphatic carbocycles. The van der Waals surface area contributed by atoms with Gasteiger partial charge in [-0.25, -0.2) is 13.4 Å². The summed E-state index contributed by atoms with van der Waals surface area (Å²) in [4.78, 5) is 20.3. The van der Waals surface area contributed by atoms with Crippen LogP contribution in [-0.4, -0.2) is 37.3 Å². The van der Waals surface area contributed by atoms with Crippen molar-refractivity contribution in [2.45, 2.75) is 31.3 Å². The molecule has 5 aromatic rings. The predicted molar refractivity (Wildman–Crippen MR) is 154 cm³/mol. The summed E-state index contributed by atoms with van der Waals surface area (Å²) in [5, 5.41) is 0.493. The van der Waals surface area contributed by atoms with Crippen LogP contribution in [0.25, 0.3) is 10.2 Å². The molecule has 0 N–H and O–H groups in total. The van der Waals surface area contributed by atoms with Gasteiger partial charge in [0, 0.05) is 18.7 Å². The Labute approximate surface area is 236 Å². The fourth-order valence-electron chi connectivity index (χ4n) is 4.91. The predicted octanol–water partition coefficient (Wildman–Crippen LogP) is 5.80. The number of hydrogen-bond acceptors (Lipinski definition) is 7. The second kappa shape index (κ2) is 10.5. The normalized spacial score (nSPS) is 13.8. The lowest BCUT2D eigenvalue weighted by molar-refractivity contribution is 0.0983. The molecule has 1 amide bonds. The molecule has 1 aliphatic heterocycles. The molecule has 0 bridgehead atoms. The van der Waals surface area contributed by atoms with Gasteiger partial charge in [0.1, 0.15) is 17.0 Å². The second-order valence-corrected chi connectivity index (χ2v) is 12.5. The molecule has 0 atom stereocenters.